The lowest BCUT2D eigenvalue weighted by Gasteiger charge is -2.22. The van der Waals surface area contributed by atoms with Crippen molar-refractivity contribution < 1.29 is 13.2 Å². The average Bonchev–Trinajstić information content (AvgIpc) is 3.27. The zero-order valence-electron chi connectivity index (χ0n) is 18.6. The van der Waals surface area contributed by atoms with E-state index >= 15 is 0 Å². The summed E-state index contributed by atoms with van der Waals surface area (Å²) in [6, 6.07) is 19.9. The van der Waals surface area contributed by atoms with Crippen LogP contribution in [0.5, 0.6) is 0 Å². The molecule has 0 saturated carbocycles. The van der Waals surface area contributed by atoms with E-state index in [-0.39, 0.29) is 18.0 Å². The van der Waals surface area contributed by atoms with E-state index in [1.165, 1.54) is 24.3 Å². The number of nitrogens with zero attached hydrogens (tertiary/aromatic N) is 2. The number of carbonyl (C=O) groups excluding carboxylic acids is 1. The Kier molecular flexibility index (Phi) is 7.88. The van der Waals surface area contributed by atoms with Gasteiger partial charge in [0.15, 0.2) is 0 Å². The standard InChI is InChI=1S/C25H21Cl2N3O3S2/c1-17-28-24(16-34-17)19-3-2-4-22(13-19)29-25(31)15-30(14-18-5-7-20(26)8-6-18)35(32,33)23-11-9-21(27)10-12-23/h2-13,16H,14-15H2,1H3,(H,29,31). The Morgan fingerprint density at radius 1 is 1.00 bits per heavy atom. The van der Waals surface area contributed by atoms with Crippen LogP contribution in [0.15, 0.2) is 83.1 Å². The molecule has 6 nitrogen and oxygen atoms in total. The summed E-state index contributed by atoms with van der Waals surface area (Å²) < 4.78 is 28.0. The predicted molar refractivity (Wildman–Crippen MR) is 141 cm³/mol. The van der Waals surface area contributed by atoms with Crippen LogP contribution in [0, 0.1) is 6.92 Å². The normalized spacial score (nSPS) is 11.5. The first-order valence-corrected chi connectivity index (χ1v) is 13.6. The molecule has 1 aromatic heterocycles. The first kappa shape index (κ1) is 25.3. The second kappa shape index (κ2) is 10.9. The third-order valence-electron chi connectivity index (χ3n) is 5.10. The molecule has 1 heterocycles. The maximum absolute atomic E-state index is 13.4. The lowest BCUT2D eigenvalue weighted by molar-refractivity contribution is -0.116. The number of rotatable bonds is 8. The number of anilines is 1. The van der Waals surface area contributed by atoms with E-state index in [9.17, 15) is 13.2 Å². The van der Waals surface area contributed by atoms with E-state index in [0.717, 1.165) is 20.6 Å². The molecule has 180 valence electrons. The van der Waals surface area contributed by atoms with Gasteiger partial charge >= 0.3 is 0 Å². The molecule has 0 aliphatic heterocycles. The molecule has 0 aliphatic rings. The Morgan fingerprint density at radius 2 is 1.66 bits per heavy atom. The fraction of sp³-hybridized carbons (Fsp3) is 0.120. The number of amides is 1. The molecule has 1 N–H and O–H groups in total. The smallest absolute Gasteiger partial charge is 0.243 e. The van der Waals surface area contributed by atoms with E-state index in [1.54, 1.807) is 41.7 Å². The van der Waals surface area contributed by atoms with Crippen molar-refractivity contribution in [2.45, 2.75) is 18.4 Å². The fourth-order valence-corrected chi connectivity index (χ4v) is 5.65. The van der Waals surface area contributed by atoms with Crippen LogP contribution in [0.1, 0.15) is 10.6 Å². The van der Waals surface area contributed by atoms with Crippen LogP contribution in [-0.4, -0.2) is 30.2 Å². The summed E-state index contributed by atoms with van der Waals surface area (Å²) in [6.07, 6.45) is 0. The van der Waals surface area contributed by atoms with Gasteiger partial charge in [-0.3, -0.25) is 4.79 Å². The molecule has 10 heteroatoms. The summed E-state index contributed by atoms with van der Waals surface area (Å²) >= 11 is 13.4. The monoisotopic (exact) mass is 545 g/mol. The summed E-state index contributed by atoms with van der Waals surface area (Å²) in [5.41, 5.74) is 2.92. The van der Waals surface area contributed by atoms with Crippen LogP contribution in [-0.2, 0) is 21.4 Å². The van der Waals surface area contributed by atoms with E-state index in [1.807, 2.05) is 30.5 Å². The number of nitrogens with one attached hydrogen (secondary N) is 1. The fourth-order valence-electron chi connectivity index (χ4n) is 3.39. The van der Waals surface area contributed by atoms with Gasteiger partial charge < -0.3 is 5.32 Å². The highest BCUT2D eigenvalue weighted by Gasteiger charge is 2.27. The number of hydrogen-bond acceptors (Lipinski definition) is 5. The molecular weight excluding hydrogens is 525 g/mol. The molecule has 1 amide bonds. The van der Waals surface area contributed by atoms with Crippen molar-refractivity contribution in [2.75, 3.05) is 11.9 Å². The molecule has 0 saturated heterocycles. The predicted octanol–water partition coefficient (Wildman–Crippen LogP) is 6.25. The Bertz CT molecular complexity index is 1440. The maximum Gasteiger partial charge on any atom is 0.243 e. The number of halogens is 2. The van der Waals surface area contributed by atoms with Gasteiger partial charge in [-0.1, -0.05) is 47.5 Å². The Labute approximate surface area is 218 Å². The van der Waals surface area contributed by atoms with Crippen LogP contribution in [0.4, 0.5) is 5.69 Å². The third-order valence-corrected chi connectivity index (χ3v) is 8.19. The van der Waals surface area contributed by atoms with Crippen molar-refractivity contribution in [3.05, 3.63) is 98.8 Å². The van der Waals surface area contributed by atoms with Crippen molar-refractivity contribution in [1.82, 2.24) is 9.29 Å². The first-order chi connectivity index (χ1) is 16.7. The van der Waals surface area contributed by atoms with Crippen LogP contribution in [0.2, 0.25) is 10.0 Å². The maximum atomic E-state index is 13.4. The van der Waals surface area contributed by atoms with Crippen molar-refractivity contribution in [1.29, 1.82) is 0 Å². The zero-order chi connectivity index (χ0) is 25.0. The molecule has 4 rings (SSSR count). The van der Waals surface area contributed by atoms with Gasteiger partial charge in [0.25, 0.3) is 0 Å². The van der Waals surface area contributed by atoms with Crippen LogP contribution >= 0.6 is 34.5 Å². The van der Waals surface area contributed by atoms with Crippen LogP contribution in [0.25, 0.3) is 11.3 Å². The SMILES string of the molecule is Cc1nc(-c2cccc(NC(=O)CN(Cc3ccc(Cl)cc3)S(=O)(=O)c3ccc(Cl)cc3)c2)cs1. The van der Waals surface area contributed by atoms with Gasteiger partial charge in [0.05, 0.1) is 22.1 Å². The number of benzene rings is 3. The van der Waals surface area contributed by atoms with Gasteiger partial charge in [0.2, 0.25) is 15.9 Å². The minimum Gasteiger partial charge on any atom is -0.325 e. The summed E-state index contributed by atoms with van der Waals surface area (Å²) in [5.74, 6) is -0.469. The molecule has 0 bridgehead atoms. The second-order valence-electron chi connectivity index (χ2n) is 7.73. The van der Waals surface area contributed by atoms with E-state index < -0.39 is 15.9 Å². The van der Waals surface area contributed by atoms with Crippen molar-refractivity contribution in [3.63, 3.8) is 0 Å². The van der Waals surface area contributed by atoms with Crippen molar-refractivity contribution in [3.8, 4) is 11.3 Å². The van der Waals surface area contributed by atoms with Gasteiger partial charge in [-0.15, -0.1) is 11.3 Å². The summed E-state index contributed by atoms with van der Waals surface area (Å²) in [5, 5.41) is 6.65. The Balaban J connectivity index is 1.57. The highest BCUT2D eigenvalue weighted by Crippen LogP contribution is 2.25. The number of thiazole rings is 1. The van der Waals surface area contributed by atoms with Gasteiger partial charge in [0.1, 0.15) is 0 Å². The third kappa shape index (κ3) is 6.48. The second-order valence-corrected chi connectivity index (χ2v) is 11.6. The molecule has 0 spiro atoms. The minimum atomic E-state index is -3.99. The number of hydrogen-bond donors (Lipinski definition) is 1. The number of carbonyl (C=O) groups is 1. The van der Waals surface area contributed by atoms with Crippen molar-refractivity contribution >= 4 is 56.2 Å². The average molecular weight is 547 g/mol. The molecule has 3 aromatic carbocycles. The topological polar surface area (TPSA) is 79.4 Å². The van der Waals surface area contributed by atoms with Gasteiger partial charge in [0, 0.05) is 33.2 Å². The van der Waals surface area contributed by atoms with E-state index in [2.05, 4.69) is 10.3 Å². The van der Waals surface area contributed by atoms with Crippen molar-refractivity contribution in [2.24, 2.45) is 0 Å². The molecule has 4 aromatic rings. The molecule has 0 fully saturated rings. The lowest BCUT2D eigenvalue weighted by atomic mass is 10.1. The number of sulfonamides is 1. The molecular formula is C25H21Cl2N3O3S2. The summed E-state index contributed by atoms with van der Waals surface area (Å²) in [4.78, 5) is 17.5. The van der Waals surface area contributed by atoms with Crippen LogP contribution < -0.4 is 5.32 Å². The van der Waals surface area contributed by atoms with E-state index in [0.29, 0.717) is 21.3 Å². The molecule has 35 heavy (non-hydrogen) atoms. The molecule has 0 radical (unpaired) electrons. The number of aromatic nitrogens is 1. The molecule has 0 unspecified atom stereocenters. The van der Waals surface area contributed by atoms with Gasteiger partial charge in [-0.05, 0) is 61.0 Å². The highest BCUT2D eigenvalue weighted by molar-refractivity contribution is 7.89. The summed E-state index contributed by atoms with van der Waals surface area (Å²) in [7, 11) is -3.99. The van der Waals surface area contributed by atoms with Gasteiger partial charge in [-0.25, -0.2) is 13.4 Å². The Morgan fingerprint density at radius 3 is 2.29 bits per heavy atom. The first-order valence-electron chi connectivity index (χ1n) is 10.5. The zero-order valence-corrected chi connectivity index (χ0v) is 21.8. The number of aryl methyl sites for hydroxylation is 1. The molecule has 0 atom stereocenters. The van der Waals surface area contributed by atoms with Crippen LogP contribution in [0.3, 0.4) is 0 Å². The quantitative estimate of drug-likeness (QED) is 0.283. The lowest BCUT2D eigenvalue weighted by Crippen LogP contribution is -2.37. The van der Waals surface area contributed by atoms with E-state index in [4.69, 9.17) is 23.2 Å². The molecule has 0 aliphatic carbocycles. The highest BCUT2D eigenvalue weighted by atomic mass is 35.5. The summed E-state index contributed by atoms with van der Waals surface area (Å²) in [6.45, 7) is 1.54. The van der Waals surface area contributed by atoms with Gasteiger partial charge in [-0.2, -0.15) is 4.31 Å². The Hall–Kier alpha value is -2.75. The minimum absolute atomic E-state index is 0.00626. The largest absolute Gasteiger partial charge is 0.325 e.